The Hall–Kier alpha value is -2.19. The van der Waals surface area contributed by atoms with Crippen molar-refractivity contribution in [2.45, 2.75) is 25.3 Å². The molecule has 136 valence electrons. The second-order valence-electron chi connectivity index (χ2n) is 6.17. The van der Waals surface area contributed by atoms with Gasteiger partial charge in [0.05, 0.1) is 25.8 Å². The Bertz CT molecular complexity index is 727. The molecule has 1 aliphatic rings. The van der Waals surface area contributed by atoms with Crippen LogP contribution in [0.3, 0.4) is 0 Å². The molecule has 1 amide bonds. The molecule has 1 atom stereocenters. The third-order valence-electron chi connectivity index (χ3n) is 4.74. The van der Waals surface area contributed by atoms with Crippen LogP contribution < -0.4 is 4.74 Å². The molecule has 2 aromatic rings. The SMILES string of the molecule is COc1ccnc2c1cnn2C(CC1CCOCC1)C(=O)N(C)OC. The first kappa shape index (κ1) is 17.6. The van der Waals surface area contributed by atoms with E-state index in [4.69, 9.17) is 14.3 Å². The van der Waals surface area contributed by atoms with E-state index in [0.29, 0.717) is 23.7 Å². The zero-order chi connectivity index (χ0) is 17.8. The summed E-state index contributed by atoms with van der Waals surface area (Å²) >= 11 is 0. The molecule has 1 saturated heterocycles. The van der Waals surface area contributed by atoms with Crippen LogP contribution in [0, 0.1) is 5.92 Å². The summed E-state index contributed by atoms with van der Waals surface area (Å²) in [6.45, 7) is 1.47. The largest absolute Gasteiger partial charge is 0.496 e. The molecule has 1 aliphatic heterocycles. The van der Waals surface area contributed by atoms with E-state index in [1.165, 1.54) is 12.2 Å². The molecule has 0 aliphatic carbocycles. The number of aromatic nitrogens is 3. The van der Waals surface area contributed by atoms with Crippen LogP contribution in [-0.4, -0.2) is 60.2 Å². The van der Waals surface area contributed by atoms with E-state index in [2.05, 4.69) is 10.1 Å². The van der Waals surface area contributed by atoms with Crippen molar-refractivity contribution in [1.82, 2.24) is 19.8 Å². The van der Waals surface area contributed by atoms with E-state index in [9.17, 15) is 4.79 Å². The Kier molecular flexibility index (Phi) is 5.50. The van der Waals surface area contributed by atoms with Crippen molar-refractivity contribution >= 4 is 16.9 Å². The standard InChI is InChI=1S/C17H24N4O4/c1-20(24-3)17(22)14(10-12-5-8-25-9-6-12)21-16-13(11-19-21)15(23-2)4-7-18-16/h4,7,11-12,14H,5-6,8-10H2,1-3H3. The van der Waals surface area contributed by atoms with Crippen LogP contribution in [0.4, 0.5) is 0 Å². The topological polar surface area (TPSA) is 78.7 Å². The number of hydrogen-bond acceptors (Lipinski definition) is 6. The zero-order valence-electron chi connectivity index (χ0n) is 14.8. The van der Waals surface area contributed by atoms with Gasteiger partial charge in [0.1, 0.15) is 11.8 Å². The molecular weight excluding hydrogens is 324 g/mol. The van der Waals surface area contributed by atoms with Crippen LogP contribution in [0.5, 0.6) is 5.75 Å². The average Bonchev–Trinajstić information content (AvgIpc) is 3.09. The number of methoxy groups -OCH3 is 1. The van der Waals surface area contributed by atoms with Gasteiger partial charge in [0, 0.05) is 26.5 Å². The second-order valence-corrected chi connectivity index (χ2v) is 6.17. The number of pyridine rings is 1. The maximum absolute atomic E-state index is 12.9. The Morgan fingerprint density at radius 1 is 1.44 bits per heavy atom. The average molecular weight is 348 g/mol. The van der Waals surface area contributed by atoms with Crippen molar-refractivity contribution in [2.75, 3.05) is 34.5 Å². The number of fused-ring (bicyclic) bond motifs is 1. The van der Waals surface area contributed by atoms with Gasteiger partial charge in [-0.2, -0.15) is 5.10 Å². The molecule has 0 saturated carbocycles. The zero-order valence-corrected chi connectivity index (χ0v) is 14.8. The van der Waals surface area contributed by atoms with Crippen LogP contribution in [0.25, 0.3) is 11.0 Å². The Balaban J connectivity index is 1.97. The van der Waals surface area contributed by atoms with E-state index in [1.54, 1.807) is 37.3 Å². The van der Waals surface area contributed by atoms with Gasteiger partial charge in [0.15, 0.2) is 5.65 Å². The fourth-order valence-electron chi connectivity index (χ4n) is 3.23. The predicted octanol–water partition coefficient (Wildman–Crippen LogP) is 1.82. The highest BCUT2D eigenvalue weighted by molar-refractivity contribution is 5.85. The molecule has 0 radical (unpaired) electrons. The lowest BCUT2D eigenvalue weighted by molar-refractivity contribution is -0.173. The molecule has 1 fully saturated rings. The molecule has 25 heavy (non-hydrogen) atoms. The molecule has 0 aromatic carbocycles. The van der Waals surface area contributed by atoms with Crippen LogP contribution in [0.15, 0.2) is 18.5 Å². The van der Waals surface area contributed by atoms with Gasteiger partial charge in [-0.3, -0.25) is 9.63 Å². The summed E-state index contributed by atoms with van der Waals surface area (Å²) in [6.07, 6.45) is 5.91. The number of hydroxylamine groups is 2. The van der Waals surface area contributed by atoms with Gasteiger partial charge in [0.2, 0.25) is 0 Å². The van der Waals surface area contributed by atoms with Crippen LogP contribution >= 0.6 is 0 Å². The molecule has 8 nitrogen and oxygen atoms in total. The molecular formula is C17H24N4O4. The third kappa shape index (κ3) is 3.59. The smallest absolute Gasteiger partial charge is 0.270 e. The molecule has 2 aromatic heterocycles. The van der Waals surface area contributed by atoms with Crippen molar-refractivity contribution in [3.05, 3.63) is 18.5 Å². The molecule has 3 rings (SSSR count). The fourth-order valence-corrected chi connectivity index (χ4v) is 3.23. The van der Waals surface area contributed by atoms with Crippen molar-refractivity contribution in [3.8, 4) is 5.75 Å². The van der Waals surface area contributed by atoms with Gasteiger partial charge in [0.25, 0.3) is 5.91 Å². The normalized spacial score (nSPS) is 16.8. The molecule has 0 bridgehead atoms. The Morgan fingerprint density at radius 2 is 2.20 bits per heavy atom. The molecule has 0 N–H and O–H groups in total. The van der Waals surface area contributed by atoms with E-state index >= 15 is 0 Å². The molecule has 3 heterocycles. The fraction of sp³-hybridized carbons (Fsp3) is 0.588. The van der Waals surface area contributed by atoms with Crippen LogP contribution in [-0.2, 0) is 14.4 Å². The van der Waals surface area contributed by atoms with E-state index in [1.807, 2.05) is 0 Å². The number of ether oxygens (including phenoxy) is 2. The van der Waals surface area contributed by atoms with E-state index < -0.39 is 6.04 Å². The van der Waals surface area contributed by atoms with Crippen LogP contribution in [0.1, 0.15) is 25.3 Å². The number of nitrogens with zero attached hydrogens (tertiary/aromatic N) is 4. The minimum Gasteiger partial charge on any atom is -0.496 e. The van der Waals surface area contributed by atoms with Gasteiger partial charge >= 0.3 is 0 Å². The highest BCUT2D eigenvalue weighted by Gasteiger charge is 2.31. The van der Waals surface area contributed by atoms with Gasteiger partial charge in [-0.05, 0) is 31.2 Å². The second kappa shape index (κ2) is 7.79. The van der Waals surface area contributed by atoms with E-state index in [0.717, 1.165) is 31.4 Å². The summed E-state index contributed by atoms with van der Waals surface area (Å²) in [6, 6.07) is 1.30. The number of likely N-dealkylation sites (N-methyl/N-ethyl adjacent to an activating group) is 1. The monoisotopic (exact) mass is 348 g/mol. The van der Waals surface area contributed by atoms with Crippen molar-refractivity contribution < 1.29 is 19.1 Å². The Labute approximate surface area is 146 Å². The maximum atomic E-state index is 12.9. The minimum atomic E-state index is -0.481. The van der Waals surface area contributed by atoms with Crippen molar-refractivity contribution in [2.24, 2.45) is 5.92 Å². The van der Waals surface area contributed by atoms with E-state index in [-0.39, 0.29) is 5.91 Å². The summed E-state index contributed by atoms with van der Waals surface area (Å²) in [7, 11) is 4.69. The van der Waals surface area contributed by atoms with Gasteiger partial charge < -0.3 is 9.47 Å². The summed E-state index contributed by atoms with van der Waals surface area (Å²) in [5, 5.41) is 6.48. The lowest BCUT2D eigenvalue weighted by atomic mass is 9.92. The number of amides is 1. The first-order chi connectivity index (χ1) is 12.2. The minimum absolute atomic E-state index is 0.149. The first-order valence-corrected chi connectivity index (χ1v) is 8.41. The van der Waals surface area contributed by atoms with Crippen LogP contribution in [0.2, 0.25) is 0 Å². The number of carbonyl (C=O) groups is 1. The van der Waals surface area contributed by atoms with Gasteiger partial charge in [-0.25, -0.2) is 14.7 Å². The first-order valence-electron chi connectivity index (χ1n) is 8.41. The van der Waals surface area contributed by atoms with Crippen molar-refractivity contribution in [1.29, 1.82) is 0 Å². The summed E-state index contributed by atoms with van der Waals surface area (Å²) in [5.41, 5.74) is 0.634. The Morgan fingerprint density at radius 3 is 2.88 bits per heavy atom. The quantitative estimate of drug-likeness (QED) is 0.741. The molecule has 1 unspecified atom stereocenters. The summed E-state index contributed by atoms with van der Waals surface area (Å²) in [4.78, 5) is 22.4. The highest BCUT2D eigenvalue weighted by atomic mass is 16.7. The lowest BCUT2D eigenvalue weighted by Gasteiger charge is -2.28. The highest BCUT2D eigenvalue weighted by Crippen LogP contribution is 2.31. The molecule has 0 spiro atoms. The number of rotatable bonds is 6. The predicted molar refractivity (Wildman–Crippen MR) is 91.1 cm³/mol. The maximum Gasteiger partial charge on any atom is 0.270 e. The van der Waals surface area contributed by atoms with Gasteiger partial charge in [-0.15, -0.1) is 0 Å². The van der Waals surface area contributed by atoms with Crippen molar-refractivity contribution in [3.63, 3.8) is 0 Å². The molecule has 8 heteroatoms. The number of hydrogen-bond donors (Lipinski definition) is 0. The third-order valence-corrected chi connectivity index (χ3v) is 4.74. The summed E-state index contributed by atoms with van der Waals surface area (Å²) < 4.78 is 12.5. The number of carbonyl (C=O) groups excluding carboxylic acids is 1. The van der Waals surface area contributed by atoms with Gasteiger partial charge in [-0.1, -0.05) is 0 Å². The summed E-state index contributed by atoms with van der Waals surface area (Å²) in [5.74, 6) is 0.940. The lowest BCUT2D eigenvalue weighted by Crippen LogP contribution is -2.36.